The van der Waals surface area contributed by atoms with E-state index in [0.29, 0.717) is 6.04 Å². The molecule has 0 heterocycles. The molecule has 1 aliphatic carbocycles. The van der Waals surface area contributed by atoms with Crippen LogP contribution < -0.4 is 5.32 Å². The molecule has 1 fully saturated rings. The predicted molar refractivity (Wildman–Crippen MR) is 60.3 cm³/mol. The van der Waals surface area contributed by atoms with Crippen LogP contribution in [0.2, 0.25) is 0 Å². The molecule has 0 amide bonds. The van der Waals surface area contributed by atoms with Gasteiger partial charge in [-0.3, -0.25) is 0 Å². The van der Waals surface area contributed by atoms with E-state index < -0.39 is 0 Å². The maximum Gasteiger partial charge on any atom is 0.0294 e. The molecular formula is C13H19N. The van der Waals surface area contributed by atoms with Crippen molar-refractivity contribution in [1.29, 1.82) is 0 Å². The van der Waals surface area contributed by atoms with Gasteiger partial charge < -0.3 is 5.32 Å². The highest BCUT2D eigenvalue weighted by Gasteiger charge is 2.21. The number of rotatable bonds is 4. The topological polar surface area (TPSA) is 12.0 Å². The van der Waals surface area contributed by atoms with Crippen molar-refractivity contribution in [2.75, 3.05) is 6.54 Å². The first-order valence-electron chi connectivity index (χ1n) is 5.56. The van der Waals surface area contributed by atoms with E-state index in [1.165, 1.54) is 30.5 Å². The Labute approximate surface area is 86.5 Å². The van der Waals surface area contributed by atoms with Gasteiger partial charge in [0.15, 0.2) is 0 Å². The smallest absolute Gasteiger partial charge is 0.0294 e. The highest BCUT2D eigenvalue weighted by molar-refractivity contribution is 5.28. The number of aryl methyl sites for hydroxylation is 1. The molecule has 0 bridgehead atoms. The molecule has 1 aromatic carbocycles. The summed E-state index contributed by atoms with van der Waals surface area (Å²) in [4.78, 5) is 0. The molecule has 0 saturated heterocycles. The average molecular weight is 189 g/mol. The fourth-order valence-electron chi connectivity index (χ4n) is 1.85. The normalized spacial score (nSPS) is 18.1. The number of nitrogens with one attached hydrogen (secondary N) is 1. The highest BCUT2D eigenvalue weighted by atomic mass is 14.9. The summed E-state index contributed by atoms with van der Waals surface area (Å²) in [7, 11) is 0. The zero-order valence-corrected chi connectivity index (χ0v) is 9.09. The maximum atomic E-state index is 3.60. The van der Waals surface area contributed by atoms with Gasteiger partial charge in [0.1, 0.15) is 0 Å². The van der Waals surface area contributed by atoms with Crippen molar-refractivity contribution in [2.45, 2.75) is 32.7 Å². The lowest BCUT2D eigenvalue weighted by molar-refractivity contribution is 0.547. The Morgan fingerprint density at radius 3 is 2.71 bits per heavy atom. The summed E-state index contributed by atoms with van der Waals surface area (Å²) in [6.45, 7) is 5.63. The highest BCUT2D eigenvalue weighted by Crippen LogP contribution is 2.28. The zero-order valence-electron chi connectivity index (χ0n) is 9.09. The minimum atomic E-state index is 0.497. The molecule has 76 valence electrons. The molecular weight excluding hydrogens is 170 g/mol. The molecule has 1 saturated carbocycles. The van der Waals surface area contributed by atoms with Crippen LogP contribution in [-0.4, -0.2) is 6.54 Å². The maximum absolute atomic E-state index is 3.60. The third-order valence-corrected chi connectivity index (χ3v) is 3.06. The van der Waals surface area contributed by atoms with E-state index in [9.17, 15) is 0 Å². The lowest BCUT2D eigenvalue weighted by Gasteiger charge is -2.16. The minimum absolute atomic E-state index is 0.497. The van der Waals surface area contributed by atoms with Crippen molar-refractivity contribution in [3.8, 4) is 0 Å². The van der Waals surface area contributed by atoms with Gasteiger partial charge in [-0.1, -0.05) is 24.3 Å². The van der Waals surface area contributed by atoms with Gasteiger partial charge in [0.2, 0.25) is 0 Å². The van der Waals surface area contributed by atoms with E-state index in [1.807, 2.05) is 0 Å². The van der Waals surface area contributed by atoms with Gasteiger partial charge in [-0.05, 0) is 50.3 Å². The molecule has 0 radical (unpaired) electrons. The van der Waals surface area contributed by atoms with E-state index in [4.69, 9.17) is 0 Å². The second-order valence-electron chi connectivity index (χ2n) is 4.43. The molecule has 1 aromatic rings. The second kappa shape index (κ2) is 4.14. The molecule has 1 N–H and O–H groups in total. The Balaban J connectivity index is 1.95. The van der Waals surface area contributed by atoms with Crippen LogP contribution in [0.5, 0.6) is 0 Å². The van der Waals surface area contributed by atoms with Gasteiger partial charge in [-0.25, -0.2) is 0 Å². The second-order valence-corrected chi connectivity index (χ2v) is 4.43. The van der Waals surface area contributed by atoms with Crippen LogP contribution in [0.4, 0.5) is 0 Å². The van der Waals surface area contributed by atoms with Crippen molar-refractivity contribution >= 4 is 0 Å². The Morgan fingerprint density at radius 2 is 2.07 bits per heavy atom. The first kappa shape index (κ1) is 9.72. The first-order chi connectivity index (χ1) is 6.77. The Kier molecular flexibility index (Phi) is 2.87. The fraction of sp³-hybridized carbons (Fsp3) is 0.538. The molecule has 0 unspecified atom stereocenters. The third-order valence-electron chi connectivity index (χ3n) is 3.06. The number of benzene rings is 1. The average Bonchev–Trinajstić information content (AvgIpc) is 2.98. The molecule has 14 heavy (non-hydrogen) atoms. The summed E-state index contributed by atoms with van der Waals surface area (Å²) in [5.74, 6) is 0.960. The monoisotopic (exact) mass is 189 g/mol. The Bertz CT molecular complexity index is 302. The van der Waals surface area contributed by atoms with E-state index in [1.54, 1.807) is 0 Å². The van der Waals surface area contributed by atoms with Gasteiger partial charge in [0.05, 0.1) is 0 Å². The summed E-state index contributed by atoms with van der Waals surface area (Å²) in [6.07, 6.45) is 2.85. The molecule has 1 aliphatic rings. The predicted octanol–water partition coefficient (Wildman–Crippen LogP) is 3.06. The van der Waals surface area contributed by atoms with Crippen molar-refractivity contribution in [2.24, 2.45) is 5.92 Å². The van der Waals surface area contributed by atoms with E-state index in [-0.39, 0.29) is 0 Å². The Morgan fingerprint density at radius 1 is 1.36 bits per heavy atom. The SMILES string of the molecule is Cc1ccccc1[C@H](C)NCC1CC1. The van der Waals surface area contributed by atoms with Gasteiger partial charge in [-0.15, -0.1) is 0 Å². The fourth-order valence-corrected chi connectivity index (χ4v) is 1.85. The van der Waals surface area contributed by atoms with E-state index in [2.05, 4.69) is 43.4 Å². The number of hydrogen-bond acceptors (Lipinski definition) is 1. The van der Waals surface area contributed by atoms with Crippen molar-refractivity contribution < 1.29 is 0 Å². The van der Waals surface area contributed by atoms with Crippen LogP contribution in [0.1, 0.15) is 36.9 Å². The van der Waals surface area contributed by atoms with Crippen molar-refractivity contribution in [1.82, 2.24) is 5.32 Å². The van der Waals surface area contributed by atoms with Gasteiger partial charge in [-0.2, -0.15) is 0 Å². The van der Waals surface area contributed by atoms with E-state index in [0.717, 1.165) is 5.92 Å². The lowest BCUT2D eigenvalue weighted by Crippen LogP contribution is -2.21. The number of hydrogen-bond donors (Lipinski definition) is 1. The molecule has 1 heteroatoms. The third kappa shape index (κ3) is 2.36. The summed E-state index contributed by atoms with van der Waals surface area (Å²) in [6, 6.07) is 9.13. The van der Waals surface area contributed by atoms with Crippen LogP contribution in [0.25, 0.3) is 0 Å². The van der Waals surface area contributed by atoms with Crippen molar-refractivity contribution in [3.63, 3.8) is 0 Å². The molecule has 0 aromatic heterocycles. The first-order valence-corrected chi connectivity index (χ1v) is 5.56. The summed E-state index contributed by atoms with van der Waals surface area (Å²) < 4.78 is 0. The van der Waals surface area contributed by atoms with Crippen LogP contribution in [0.15, 0.2) is 24.3 Å². The summed E-state index contributed by atoms with van der Waals surface area (Å²) in [5, 5.41) is 3.60. The Hall–Kier alpha value is -0.820. The van der Waals surface area contributed by atoms with Crippen LogP contribution in [0.3, 0.4) is 0 Å². The molecule has 1 nitrogen and oxygen atoms in total. The van der Waals surface area contributed by atoms with Gasteiger partial charge in [0, 0.05) is 6.04 Å². The molecule has 0 spiro atoms. The lowest BCUT2D eigenvalue weighted by atomic mass is 10.0. The van der Waals surface area contributed by atoms with Gasteiger partial charge in [0.25, 0.3) is 0 Å². The summed E-state index contributed by atoms with van der Waals surface area (Å²) >= 11 is 0. The van der Waals surface area contributed by atoms with E-state index >= 15 is 0 Å². The van der Waals surface area contributed by atoms with Crippen molar-refractivity contribution in [3.05, 3.63) is 35.4 Å². The van der Waals surface area contributed by atoms with Crippen LogP contribution in [-0.2, 0) is 0 Å². The quantitative estimate of drug-likeness (QED) is 0.767. The molecule has 0 aliphatic heterocycles. The standard InChI is InChI=1S/C13H19N/c1-10-5-3-4-6-13(10)11(2)14-9-12-7-8-12/h3-6,11-12,14H,7-9H2,1-2H3/t11-/m0/s1. The largest absolute Gasteiger partial charge is 0.310 e. The zero-order chi connectivity index (χ0) is 9.97. The molecule has 1 atom stereocenters. The molecule has 2 rings (SSSR count). The minimum Gasteiger partial charge on any atom is -0.310 e. The van der Waals surface area contributed by atoms with Gasteiger partial charge >= 0.3 is 0 Å². The summed E-state index contributed by atoms with van der Waals surface area (Å²) in [5.41, 5.74) is 2.83. The van der Waals surface area contributed by atoms with Crippen LogP contribution in [0, 0.1) is 12.8 Å². The van der Waals surface area contributed by atoms with Crippen LogP contribution >= 0.6 is 0 Å².